The van der Waals surface area contributed by atoms with E-state index < -0.39 is 0 Å². The topological polar surface area (TPSA) is 46.9 Å². The molecule has 0 spiro atoms. The summed E-state index contributed by atoms with van der Waals surface area (Å²) in [6, 6.07) is 8.55. The number of phenolic OH excluding ortho intramolecular Hbond substituents is 2. The van der Waals surface area contributed by atoms with Gasteiger partial charge in [-0.15, -0.1) is 0 Å². The van der Waals surface area contributed by atoms with Crippen molar-refractivity contribution in [2.45, 2.75) is 39.5 Å². The van der Waals surface area contributed by atoms with Crippen LogP contribution in [0.25, 0.3) is 0 Å². The molecule has 1 heterocycles. The third-order valence-corrected chi connectivity index (χ3v) is 5.72. The Hall–Kier alpha value is -2.27. The number of anilines is 1. The number of phenols is 2. The third-order valence-electron chi connectivity index (χ3n) is 5.72. The molecule has 1 fully saturated rings. The molecule has 1 aliphatic rings. The fourth-order valence-electron chi connectivity index (χ4n) is 3.98. The standard InChI is InChI=1S/C23H31FN2O2/c1-4-25-10-12-26(13-11-25)23-17(6-5-7-20(23)24)8-9-18-14-19(16(2)3)22(28)15-21(18)27/h5-7,14-16,27-28H,4,8-13H2,1-3H3. The fraction of sp³-hybridized carbons (Fsp3) is 0.478. The number of nitrogens with zero attached hydrogens (tertiary/aromatic N) is 2. The minimum atomic E-state index is -0.180. The minimum absolute atomic E-state index is 0.0939. The first-order chi connectivity index (χ1) is 13.4. The Morgan fingerprint density at radius 2 is 1.64 bits per heavy atom. The predicted molar refractivity (Wildman–Crippen MR) is 112 cm³/mol. The highest BCUT2D eigenvalue weighted by molar-refractivity contribution is 5.56. The van der Waals surface area contributed by atoms with E-state index in [9.17, 15) is 14.6 Å². The van der Waals surface area contributed by atoms with Gasteiger partial charge in [0.1, 0.15) is 17.3 Å². The number of para-hydroxylation sites is 1. The average Bonchev–Trinajstić information content (AvgIpc) is 2.67. The van der Waals surface area contributed by atoms with Crippen molar-refractivity contribution < 1.29 is 14.6 Å². The van der Waals surface area contributed by atoms with E-state index in [0.717, 1.165) is 49.4 Å². The molecule has 0 radical (unpaired) electrons. The van der Waals surface area contributed by atoms with Gasteiger partial charge in [-0.2, -0.15) is 0 Å². The first kappa shape index (κ1) is 20.5. The molecule has 28 heavy (non-hydrogen) atoms. The lowest BCUT2D eigenvalue weighted by molar-refractivity contribution is 0.270. The molecule has 2 aromatic carbocycles. The second kappa shape index (κ2) is 8.82. The zero-order valence-corrected chi connectivity index (χ0v) is 17.1. The first-order valence-electron chi connectivity index (χ1n) is 10.2. The second-order valence-electron chi connectivity index (χ2n) is 7.86. The van der Waals surface area contributed by atoms with Crippen LogP contribution in [0.15, 0.2) is 30.3 Å². The molecule has 1 saturated heterocycles. The third kappa shape index (κ3) is 4.41. The second-order valence-corrected chi connectivity index (χ2v) is 7.86. The zero-order chi connectivity index (χ0) is 20.3. The van der Waals surface area contributed by atoms with Crippen LogP contribution < -0.4 is 4.90 Å². The normalized spacial score (nSPS) is 15.4. The van der Waals surface area contributed by atoms with Gasteiger partial charge < -0.3 is 20.0 Å². The number of rotatable bonds is 6. The van der Waals surface area contributed by atoms with Crippen LogP contribution >= 0.6 is 0 Å². The zero-order valence-electron chi connectivity index (χ0n) is 17.1. The monoisotopic (exact) mass is 386 g/mol. The SMILES string of the molecule is CCN1CCN(c2c(F)cccc2CCc2cc(C(C)C)c(O)cc2O)CC1. The molecule has 2 aromatic rings. The van der Waals surface area contributed by atoms with E-state index in [1.165, 1.54) is 12.1 Å². The van der Waals surface area contributed by atoms with Crippen molar-refractivity contribution >= 4 is 5.69 Å². The molecule has 1 aliphatic heterocycles. The van der Waals surface area contributed by atoms with Crippen LogP contribution in [0.5, 0.6) is 11.5 Å². The average molecular weight is 387 g/mol. The van der Waals surface area contributed by atoms with Gasteiger partial charge >= 0.3 is 0 Å². The predicted octanol–water partition coefficient (Wildman–Crippen LogP) is 4.29. The molecule has 0 aliphatic carbocycles. The lowest BCUT2D eigenvalue weighted by atomic mass is 9.95. The number of aromatic hydroxyl groups is 2. The van der Waals surface area contributed by atoms with Gasteiger partial charge in [-0.1, -0.05) is 32.9 Å². The molecule has 2 N–H and O–H groups in total. The summed E-state index contributed by atoms with van der Waals surface area (Å²) < 4.78 is 14.7. The number of halogens is 1. The molecular formula is C23H31FN2O2. The number of likely N-dealkylation sites (N-methyl/N-ethyl adjacent to an activating group) is 1. The lowest BCUT2D eigenvalue weighted by Crippen LogP contribution is -2.46. The quantitative estimate of drug-likeness (QED) is 0.778. The molecular weight excluding hydrogens is 355 g/mol. The van der Waals surface area contributed by atoms with Gasteiger partial charge in [0, 0.05) is 32.2 Å². The summed E-state index contributed by atoms with van der Waals surface area (Å²) in [6.07, 6.45) is 1.23. The molecule has 0 unspecified atom stereocenters. The summed E-state index contributed by atoms with van der Waals surface area (Å²) >= 11 is 0. The van der Waals surface area contributed by atoms with Crippen LogP contribution in [0.3, 0.4) is 0 Å². The Labute approximate surface area is 167 Å². The molecule has 4 nitrogen and oxygen atoms in total. The number of benzene rings is 2. The van der Waals surface area contributed by atoms with E-state index in [1.807, 2.05) is 26.0 Å². The number of hydrogen-bond acceptors (Lipinski definition) is 4. The molecule has 3 rings (SSSR count). The van der Waals surface area contributed by atoms with Crippen LogP contribution in [0.4, 0.5) is 10.1 Å². The van der Waals surface area contributed by atoms with Gasteiger partial charge in [0.25, 0.3) is 0 Å². The Morgan fingerprint density at radius 1 is 0.964 bits per heavy atom. The van der Waals surface area contributed by atoms with Gasteiger partial charge in [0.05, 0.1) is 5.69 Å². The Morgan fingerprint density at radius 3 is 2.29 bits per heavy atom. The van der Waals surface area contributed by atoms with Crippen molar-refractivity contribution in [2.24, 2.45) is 0 Å². The number of piperazine rings is 1. The van der Waals surface area contributed by atoms with Crippen molar-refractivity contribution in [1.82, 2.24) is 4.90 Å². The van der Waals surface area contributed by atoms with Crippen molar-refractivity contribution in [3.63, 3.8) is 0 Å². The molecule has 0 amide bonds. The maximum Gasteiger partial charge on any atom is 0.146 e. The minimum Gasteiger partial charge on any atom is -0.508 e. The van der Waals surface area contributed by atoms with Crippen LogP contribution in [0.1, 0.15) is 43.4 Å². The largest absolute Gasteiger partial charge is 0.508 e. The highest BCUT2D eigenvalue weighted by Crippen LogP contribution is 2.34. The number of hydrogen-bond donors (Lipinski definition) is 2. The maximum absolute atomic E-state index is 14.7. The van der Waals surface area contributed by atoms with Crippen molar-refractivity contribution in [2.75, 3.05) is 37.6 Å². The molecule has 0 atom stereocenters. The van der Waals surface area contributed by atoms with E-state index in [1.54, 1.807) is 6.07 Å². The lowest BCUT2D eigenvalue weighted by Gasteiger charge is -2.36. The number of aryl methyl sites for hydroxylation is 2. The van der Waals surface area contributed by atoms with Gasteiger partial charge in [0.15, 0.2) is 0 Å². The van der Waals surface area contributed by atoms with Gasteiger partial charge in [0.2, 0.25) is 0 Å². The Kier molecular flexibility index (Phi) is 6.45. The molecule has 0 saturated carbocycles. The maximum atomic E-state index is 14.7. The van der Waals surface area contributed by atoms with Gasteiger partial charge in [-0.25, -0.2) is 4.39 Å². The van der Waals surface area contributed by atoms with E-state index in [4.69, 9.17) is 0 Å². The van der Waals surface area contributed by atoms with Gasteiger partial charge in [-0.3, -0.25) is 0 Å². The summed E-state index contributed by atoms with van der Waals surface area (Å²) in [7, 11) is 0. The van der Waals surface area contributed by atoms with Crippen LogP contribution in [-0.4, -0.2) is 47.8 Å². The Balaban J connectivity index is 1.81. The van der Waals surface area contributed by atoms with Crippen LogP contribution in [-0.2, 0) is 12.8 Å². The van der Waals surface area contributed by atoms with Crippen molar-refractivity contribution in [3.05, 3.63) is 52.8 Å². The van der Waals surface area contributed by atoms with Crippen molar-refractivity contribution in [3.8, 4) is 11.5 Å². The Bertz CT molecular complexity index is 814. The van der Waals surface area contributed by atoms with Crippen LogP contribution in [0, 0.1) is 5.82 Å². The summed E-state index contributed by atoms with van der Waals surface area (Å²) in [6.45, 7) is 10.7. The molecule has 0 aromatic heterocycles. The summed E-state index contributed by atoms with van der Waals surface area (Å²) in [5, 5.41) is 20.3. The van der Waals surface area contributed by atoms with Gasteiger partial charge in [-0.05, 0) is 54.1 Å². The molecule has 0 bridgehead atoms. The van der Waals surface area contributed by atoms with E-state index >= 15 is 0 Å². The highest BCUT2D eigenvalue weighted by Gasteiger charge is 2.21. The first-order valence-corrected chi connectivity index (χ1v) is 10.2. The summed E-state index contributed by atoms with van der Waals surface area (Å²) in [4.78, 5) is 4.52. The van der Waals surface area contributed by atoms with E-state index in [0.29, 0.717) is 18.5 Å². The smallest absolute Gasteiger partial charge is 0.146 e. The van der Waals surface area contributed by atoms with E-state index in [2.05, 4.69) is 16.7 Å². The van der Waals surface area contributed by atoms with Crippen molar-refractivity contribution in [1.29, 1.82) is 0 Å². The van der Waals surface area contributed by atoms with E-state index in [-0.39, 0.29) is 23.2 Å². The summed E-state index contributed by atoms with van der Waals surface area (Å²) in [5.74, 6) is 0.201. The fourth-order valence-corrected chi connectivity index (χ4v) is 3.98. The molecule has 152 valence electrons. The highest BCUT2D eigenvalue weighted by atomic mass is 19.1. The van der Waals surface area contributed by atoms with Crippen LogP contribution in [0.2, 0.25) is 0 Å². The summed E-state index contributed by atoms with van der Waals surface area (Å²) in [5.41, 5.74) is 3.26. The molecule has 5 heteroatoms.